The van der Waals surface area contributed by atoms with Crippen LogP contribution in [0.5, 0.6) is 0 Å². The zero-order valence-corrected chi connectivity index (χ0v) is 11.5. The van der Waals surface area contributed by atoms with E-state index in [-0.39, 0.29) is 5.97 Å². The summed E-state index contributed by atoms with van der Waals surface area (Å²) in [7, 11) is 0. The third kappa shape index (κ3) is 2.10. The van der Waals surface area contributed by atoms with Gasteiger partial charge >= 0.3 is 5.97 Å². The standard InChI is InChI=1S/C14H25NO2/c1-5-17-11(16)9-15-12-13(2,3)10-6-7-14(12,4)8-10/h10,12,15H,5-9H2,1-4H3/t10-,12?,14+/m0/s1. The first-order chi connectivity index (χ1) is 7.90. The van der Waals surface area contributed by atoms with Crippen molar-refractivity contribution in [3.8, 4) is 0 Å². The summed E-state index contributed by atoms with van der Waals surface area (Å²) in [6.07, 6.45) is 3.95. The average Bonchev–Trinajstić information content (AvgIpc) is 2.69. The van der Waals surface area contributed by atoms with Crippen LogP contribution in [0.25, 0.3) is 0 Å². The Kier molecular flexibility index (Phi) is 3.23. The summed E-state index contributed by atoms with van der Waals surface area (Å²) in [6, 6.07) is 0.443. The molecular formula is C14H25NO2. The maximum Gasteiger partial charge on any atom is 0.319 e. The van der Waals surface area contributed by atoms with Crippen molar-refractivity contribution in [2.75, 3.05) is 13.2 Å². The van der Waals surface area contributed by atoms with Gasteiger partial charge < -0.3 is 10.1 Å². The molecule has 17 heavy (non-hydrogen) atoms. The summed E-state index contributed by atoms with van der Waals surface area (Å²) in [5.74, 6) is 0.682. The van der Waals surface area contributed by atoms with Crippen LogP contribution in [-0.2, 0) is 9.53 Å². The van der Waals surface area contributed by atoms with Crippen LogP contribution in [0, 0.1) is 16.7 Å². The fraction of sp³-hybridized carbons (Fsp3) is 0.929. The first-order valence-electron chi connectivity index (χ1n) is 6.79. The molecule has 2 aliphatic carbocycles. The molecule has 0 amide bonds. The highest BCUT2D eigenvalue weighted by Crippen LogP contribution is 2.62. The lowest BCUT2D eigenvalue weighted by atomic mass is 9.68. The molecule has 3 nitrogen and oxygen atoms in total. The fourth-order valence-electron chi connectivity index (χ4n) is 4.21. The first-order valence-corrected chi connectivity index (χ1v) is 6.79. The van der Waals surface area contributed by atoms with Gasteiger partial charge in [-0.3, -0.25) is 4.79 Å². The molecule has 0 aromatic rings. The quantitative estimate of drug-likeness (QED) is 0.765. The van der Waals surface area contributed by atoms with Gasteiger partial charge in [-0.15, -0.1) is 0 Å². The van der Waals surface area contributed by atoms with E-state index in [0.717, 1.165) is 5.92 Å². The second-order valence-electron chi connectivity index (χ2n) is 6.53. The van der Waals surface area contributed by atoms with E-state index in [1.54, 1.807) is 0 Å². The number of hydrogen-bond acceptors (Lipinski definition) is 3. The third-order valence-electron chi connectivity index (χ3n) is 5.03. The Bertz CT molecular complexity index is 309. The minimum atomic E-state index is -0.130. The van der Waals surface area contributed by atoms with Gasteiger partial charge in [-0.25, -0.2) is 0 Å². The maximum atomic E-state index is 11.4. The molecule has 2 rings (SSSR count). The Hall–Kier alpha value is -0.570. The number of ether oxygens (including phenoxy) is 1. The van der Waals surface area contributed by atoms with Gasteiger partial charge in [-0.2, -0.15) is 0 Å². The summed E-state index contributed by atoms with van der Waals surface area (Å²) < 4.78 is 4.98. The normalized spacial score (nSPS) is 38.4. The van der Waals surface area contributed by atoms with Crippen molar-refractivity contribution in [1.82, 2.24) is 5.32 Å². The Morgan fingerprint density at radius 2 is 2.12 bits per heavy atom. The van der Waals surface area contributed by atoms with Crippen LogP contribution in [0.3, 0.4) is 0 Å². The van der Waals surface area contributed by atoms with Gasteiger partial charge in [0.25, 0.3) is 0 Å². The molecule has 0 aromatic heterocycles. The predicted molar refractivity (Wildman–Crippen MR) is 67.7 cm³/mol. The number of hydrogen-bond donors (Lipinski definition) is 1. The lowest BCUT2D eigenvalue weighted by molar-refractivity contribution is -0.142. The zero-order chi connectivity index (χ0) is 12.7. The molecule has 0 aromatic carbocycles. The van der Waals surface area contributed by atoms with Gasteiger partial charge in [0.15, 0.2) is 0 Å². The number of carbonyl (C=O) groups is 1. The van der Waals surface area contributed by atoms with Crippen molar-refractivity contribution < 1.29 is 9.53 Å². The topological polar surface area (TPSA) is 38.3 Å². The van der Waals surface area contributed by atoms with Crippen molar-refractivity contribution in [3.63, 3.8) is 0 Å². The highest BCUT2D eigenvalue weighted by Gasteiger charge is 2.58. The second-order valence-corrected chi connectivity index (χ2v) is 6.53. The largest absolute Gasteiger partial charge is 0.465 e. The molecule has 0 spiro atoms. The molecule has 2 bridgehead atoms. The molecule has 0 saturated heterocycles. The van der Waals surface area contributed by atoms with Gasteiger partial charge in [0.2, 0.25) is 0 Å². The highest BCUT2D eigenvalue weighted by atomic mass is 16.5. The van der Waals surface area contributed by atoms with E-state index in [9.17, 15) is 4.79 Å². The fourth-order valence-corrected chi connectivity index (χ4v) is 4.21. The van der Waals surface area contributed by atoms with Crippen LogP contribution in [-0.4, -0.2) is 25.2 Å². The van der Waals surface area contributed by atoms with Crippen molar-refractivity contribution >= 4 is 5.97 Å². The van der Waals surface area contributed by atoms with Crippen LogP contribution in [0.1, 0.15) is 47.0 Å². The van der Waals surface area contributed by atoms with Gasteiger partial charge in [0.05, 0.1) is 13.2 Å². The Labute approximate surface area is 104 Å². The molecule has 0 aliphatic heterocycles. The minimum absolute atomic E-state index is 0.130. The van der Waals surface area contributed by atoms with Gasteiger partial charge in [0.1, 0.15) is 0 Å². The van der Waals surface area contributed by atoms with Crippen LogP contribution < -0.4 is 5.32 Å². The Morgan fingerprint density at radius 3 is 2.65 bits per heavy atom. The smallest absolute Gasteiger partial charge is 0.319 e. The molecule has 3 atom stereocenters. The van der Waals surface area contributed by atoms with Crippen LogP contribution in [0.15, 0.2) is 0 Å². The number of nitrogens with one attached hydrogen (secondary N) is 1. The lowest BCUT2D eigenvalue weighted by Gasteiger charge is -2.43. The molecule has 2 fully saturated rings. The number of rotatable bonds is 4. The molecule has 0 heterocycles. The summed E-state index contributed by atoms with van der Waals surface area (Å²) >= 11 is 0. The maximum absolute atomic E-state index is 11.4. The van der Waals surface area contributed by atoms with Gasteiger partial charge in [0, 0.05) is 6.04 Å². The zero-order valence-electron chi connectivity index (χ0n) is 11.5. The molecule has 2 saturated carbocycles. The second kappa shape index (κ2) is 4.27. The molecule has 0 radical (unpaired) electrons. The summed E-state index contributed by atoms with van der Waals surface area (Å²) in [5.41, 5.74) is 0.681. The third-order valence-corrected chi connectivity index (χ3v) is 5.03. The molecule has 3 heteroatoms. The van der Waals surface area contributed by atoms with Gasteiger partial charge in [-0.05, 0) is 42.9 Å². The van der Waals surface area contributed by atoms with Crippen LogP contribution in [0.2, 0.25) is 0 Å². The molecule has 1 unspecified atom stereocenters. The monoisotopic (exact) mass is 239 g/mol. The van der Waals surface area contributed by atoms with E-state index in [4.69, 9.17) is 4.74 Å². The van der Waals surface area contributed by atoms with Crippen molar-refractivity contribution in [3.05, 3.63) is 0 Å². The van der Waals surface area contributed by atoms with Crippen LogP contribution >= 0.6 is 0 Å². The van der Waals surface area contributed by atoms with E-state index < -0.39 is 0 Å². The van der Waals surface area contributed by atoms with Crippen LogP contribution in [0.4, 0.5) is 0 Å². The van der Waals surface area contributed by atoms with Gasteiger partial charge in [-0.1, -0.05) is 20.8 Å². The first kappa shape index (κ1) is 12.9. The van der Waals surface area contributed by atoms with Crippen molar-refractivity contribution in [2.45, 2.75) is 53.0 Å². The molecule has 1 N–H and O–H groups in total. The Balaban J connectivity index is 1.98. The van der Waals surface area contributed by atoms with Crippen molar-refractivity contribution in [2.24, 2.45) is 16.7 Å². The van der Waals surface area contributed by atoms with E-state index >= 15 is 0 Å². The summed E-state index contributed by atoms with van der Waals surface area (Å²) in [4.78, 5) is 11.4. The van der Waals surface area contributed by atoms with Crippen molar-refractivity contribution in [1.29, 1.82) is 0 Å². The molecule has 2 aliphatic rings. The number of fused-ring (bicyclic) bond motifs is 2. The van der Waals surface area contributed by atoms with E-state index in [1.165, 1.54) is 19.3 Å². The Morgan fingerprint density at radius 1 is 1.41 bits per heavy atom. The number of esters is 1. The highest BCUT2D eigenvalue weighted by molar-refractivity contribution is 5.71. The minimum Gasteiger partial charge on any atom is -0.465 e. The van der Waals surface area contributed by atoms with E-state index in [1.807, 2.05) is 6.92 Å². The van der Waals surface area contributed by atoms with E-state index in [2.05, 4.69) is 26.1 Å². The van der Waals surface area contributed by atoms with E-state index in [0.29, 0.717) is 30.0 Å². The summed E-state index contributed by atoms with van der Waals surface area (Å²) in [5, 5.41) is 3.45. The molecular weight excluding hydrogens is 214 g/mol. The molecule has 98 valence electrons. The predicted octanol–water partition coefficient (Wildman–Crippen LogP) is 2.35. The number of carbonyl (C=O) groups excluding carboxylic acids is 1. The lowest BCUT2D eigenvalue weighted by Crippen LogP contribution is -2.51. The SMILES string of the molecule is CCOC(=O)CNC1C(C)(C)[C@H]2CC[C@]1(C)C2. The average molecular weight is 239 g/mol. The summed E-state index contributed by atoms with van der Waals surface area (Å²) in [6.45, 7) is 9.71.